The third-order valence-corrected chi connectivity index (χ3v) is 3.43. The molecule has 1 heterocycles. The van der Waals surface area contributed by atoms with Crippen molar-refractivity contribution in [2.45, 2.75) is 13.0 Å². The molecule has 0 spiro atoms. The summed E-state index contributed by atoms with van der Waals surface area (Å²) in [6.45, 7) is 0.682. The zero-order valence-corrected chi connectivity index (χ0v) is 12.0. The molecule has 0 atom stereocenters. The predicted molar refractivity (Wildman–Crippen MR) is 86.9 cm³/mol. The van der Waals surface area contributed by atoms with Gasteiger partial charge in [0.25, 0.3) is 0 Å². The van der Waals surface area contributed by atoms with E-state index >= 15 is 0 Å². The van der Waals surface area contributed by atoms with E-state index in [-0.39, 0.29) is 6.42 Å². The van der Waals surface area contributed by atoms with Crippen molar-refractivity contribution in [1.82, 2.24) is 4.98 Å². The number of aromatic nitrogens is 1. The summed E-state index contributed by atoms with van der Waals surface area (Å²) in [7, 11) is 0. The maximum atomic E-state index is 10.9. The molecule has 0 amide bonds. The van der Waals surface area contributed by atoms with Gasteiger partial charge in [-0.25, -0.2) is 0 Å². The number of rotatable bonds is 5. The van der Waals surface area contributed by atoms with Gasteiger partial charge in [-0.05, 0) is 17.7 Å². The maximum Gasteiger partial charge on any atom is 0.309 e. The molecule has 3 aromatic rings. The fourth-order valence-corrected chi connectivity index (χ4v) is 2.42. The lowest BCUT2D eigenvalue weighted by Crippen LogP contribution is -2.05. The number of hydrogen-bond donors (Lipinski definition) is 2. The van der Waals surface area contributed by atoms with Crippen LogP contribution in [0.2, 0.25) is 0 Å². The SMILES string of the molecule is O=C(O)Cc1cc(NCc2ccccc2)c2ccccc2n1. The highest BCUT2D eigenvalue weighted by Crippen LogP contribution is 2.24. The fraction of sp³-hybridized carbons (Fsp3) is 0.111. The Bertz CT molecular complexity index is 801. The second kappa shape index (κ2) is 6.26. The lowest BCUT2D eigenvalue weighted by Gasteiger charge is -2.11. The molecule has 0 saturated heterocycles. The Labute approximate surface area is 128 Å². The molecule has 0 aliphatic carbocycles. The van der Waals surface area contributed by atoms with E-state index in [1.165, 1.54) is 5.56 Å². The van der Waals surface area contributed by atoms with Crippen LogP contribution < -0.4 is 5.32 Å². The lowest BCUT2D eigenvalue weighted by molar-refractivity contribution is -0.136. The molecule has 2 aromatic carbocycles. The predicted octanol–water partition coefficient (Wildman–Crippen LogP) is 3.47. The highest BCUT2D eigenvalue weighted by Gasteiger charge is 2.08. The number of anilines is 1. The Morgan fingerprint density at radius 3 is 2.55 bits per heavy atom. The van der Waals surface area contributed by atoms with Crippen LogP contribution in [0.15, 0.2) is 60.7 Å². The number of carbonyl (C=O) groups is 1. The summed E-state index contributed by atoms with van der Waals surface area (Å²) in [6, 6.07) is 19.6. The van der Waals surface area contributed by atoms with Crippen LogP contribution >= 0.6 is 0 Å². The van der Waals surface area contributed by atoms with E-state index in [9.17, 15) is 4.79 Å². The molecule has 22 heavy (non-hydrogen) atoms. The molecule has 0 fully saturated rings. The van der Waals surface area contributed by atoms with Crippen LogP contribution in [0.3, 0.4) is 0 Å². The summed E-state index contributed by atoms with van der Waals surface area (Å²) in [6.07, 6.45) is -0.0785. The number of benzene rings is 2. The molecule has 0 saturated carbocycles. The number of aliphatic carboxylic acids is 1. The first-order valence-corrected chi connectivity index (χ1v) is 7.10. The molecular weight excluding hydrogens is 276 g/mol. The Morgan fingerprint density at radius 2 is 1.77 bits per heavy atom. The first kappa shape index (κ1) is 14.1. The number of pyridine rings is 1. The van der Waals surface area contributed by atoms with Crippen LogP contribution in [0.5, 0.6) is 0 Å². The second-order valence-electron chi connectivity index (χ2n) is 5.09. The van der Waals surface area contributed by atoms with Gasteiger partial charge in [-0.2, -0.15) is 0 Å². The van der Waals surface area contributed by atoms with Crippen LogP contribution in [0.1, 0.15) is 11.3 Å². The summed E-state index contributed by atoms with van der Waals surface area (Å²) in [4.78, 5) is 15.3. The van der Waals surface area contributed by atoms with Crippen molar-refractivity contribution in [1.29, 1.82) is 0 Å². The third kappa shape index (κ3) is 3.23. The molecule has 2 N–H and O–H groups in total. The van der Waals surface area contributed by atoms with E-state index in [0.717, 1.165) is 16.6 Å². The number of nitrogens with one attached hydrogen (secondary N) is 1. The molecule has 0 aliphatic heterocycles. The number of carboxylic acid groups (broad SMARTS) is 1. The number of para-hydroxylation sites is 1. The van der Waals surface area contributed by atoms with Crippen LogP contribution in [0, 0.1) is 0 Å². The van der Waals surface area contributed by atoms with Gasteiger partial charge in [-0.3, -0.25) is 9.78 Å². The third-order valence-electron chi connectivity index (χ3n) is 3.43. The van der Waals surface area contributed by atoms with Crippen molar-refractivity contribution >= 4 is 22.6 Å². The average molecular weight is 292 g/mol. The average Bonchev–Trinajstić information content (AvgIpc) is 2.53. The number of hydrogen-bond acceptors (Lipinski definition) is 3. The fourth-order valence-electron chi connectivity index (χ4n) is 2.42. The van der Waals surface area contributed by atoms with Crippen molar-refractivity contribution < 1.29 is 9.90 Å². The first-order chi connectivity index (χ1) is 10.7. The van der Waals surface area contributed by atoms with Crippen molar-refractivity contribution in [2.75, 3.05) is 5.32 Å². The smallest absolute Gasteiger partial charge is 0.309 e. The maximum absolute atomic E-state index is 10.9. The summed E-state index contributed by atoms with van der Waals surface area (Å²) >= 11 is 0. The minimum atomic E-state index is -0.878. The van der Waals surface area contributed by atoms with E-state index < -0.39 is 5.97 Å². The Balaban J connectivity index is 1.93. The number of nitrogens with zero attached hydrogens (tertiary/aromatic N) is 1. The van der Waals surface area contributed by atoms with Gasteiger partial charge in [0, 0.05) is 17.6 Å². The molecule has 0 bridgehead atoms. The van der Waals surface area contributed by atoms with Gasteiger partial charge in [0.1, 0.15) is 0 Å². The standard InChI is InChI=1S/C18H16N2O2/c21-18(22)11-14-10-17(15-8-4-5-9-16(15)20-14)19-12-13-6-2-1-3-7-13/h1-10H,11-12H2,(H,19,20)(H,21,22). The van der Waals surface area contributed by atoms with Crippen molar-refractivity contribution in [3.63, 3.8) is 0 Å². The highest BCUT2D eigenvalue weighted by atomic mass is 16.4. The minimum Gasteiger partial charge on any atom is -0.481 e. The van der Waals surface area contributed by atoms with Gasteiger partial charge in [-0.1, -0.05) is 48.5 Å². The summed E-state index contributed by atoms with van der Waals surface area (Å²) in [5.41, 5.74) is 3.44. The van der Waals surface area contributed by atoms with Crippen LogP contribution in [0.25, 0.3) is 10.9 Å². The Morgan fingerprint density at radius 1 is 1.05 bits per heavy atom. The van der Waals surface area contributed by atoms with Gasteiger partial charge in [-0.15, -0.1) is 0 Å². The van der Waals surface area contributed by atoms with Gasteiger partial charge in [0.05, 0.1) is 17.6 Å². The first-order valence-electron chi connectivity index (χ1n) is 7.10. The molecule has 4 nitrogen and oxygen atoms in total. The Hall–Kier alpha value is -2.88. The number of fused-ring (bicyclic) bond motifs is 1. The van der Waals surface area contributed by atoms with Crippen molar-refractivity contribution in [2.24, 2.45) is 0 Å². The second-order valence-corrected chi connectivity index (χ2v) is 5.09. The molecule has 110 valence electrons. The largest absolute Gasteiger partial charge is 0.481 e. The number of carboxylic acids is 1. The monoisotopic (exact) mass is 292 g/mol. The summed E-state index contributed by atoms with van der Waals surface area (Å²) in [5.74, 6) is -0.878. The van der Waals surface area contributed by atoms with Crippen LogP contribution in [0.4, 0.5) is 5.69 Å². The van der Waals surface area contributed by atoms with Gasteiger partial charge in [0.15, 0.2) is 0 Å². The highest BCUT2D eigenvalue weighted by molar-refractivity contribution is 5.91. The molecule has 3 rings (SSSR count). The quantitative estimate of drug-likeness (QED) is 0.756. The van der Waals surface area contributed by atoms with Crippen molar-refractivity contribution in [3.8, 4) is 0 Å². The van der Waals surface area contributed by atoms with E-state index in [0.29, 0.717) is 12.2 Å². The minimum absolute atomic E-state index is 0.0785. The van der Waals surface area contributed by atoms with Crippen LogP contribution in [-0.2, 0) is 17.8 Å². The molecule has 0 radical (unpaired) electrons. The summed E-state index contributed by atoms with van der Waals surface area (Å²) < 4.78 is 0. The lowest BCUT2D eigenvalue weighted by atomic mass is 10.1. The zero-order valence-electron chi connectivity index (χ0n) is 12.0. The van der Waals surface area contributed by atoms with E-state index in [4.69, 9.17) is 5.11 Å². The molecule has 1 aromatic heterocycles. The van der Waals surface area contributed by atoms with Crippen molar-refractivity contribution in [3.05, 3.63) is 71.9 Å². The van der Waals surface area contributed by atoms with Gasteiger partial charge in [0.2, 0.25) is 0 Å². The molecule has 0 unspecified atom stereocenters. The molecular formula is C18H16N2O2. The van der Waals surface area contributed by atoms with E-state index in [2.05, 4.69) is 22.4 Å². The van der Waals surface area contributed by atoms with E-state index in [1.807, 2.05) is 48.5 Å². The van der Waals surface area contributed by atoms with E-state index in [1.54, 1.807) is 0 Å². The van der Waals surface area contributed by atoms with Crippen LogP contribution in [-0.4, -0.2) is 16.1 Å². The van der Waals surface area contributed by atoms with Gasteiger partial charge < -0.3 is 10.4 Å². The van der Waals surface area contributed by atoms with Gasteiger partial charge >= 0.3 is 5.97 Å². The molecule has 0 aliphatic rings. The summed E-state index contributed by atoms with van der Waals surface area (Å²) in [5, 5.41) is 13.4. The zero-order chi connectivity index (χ0) is 15.4. The normalized spacial score (nSPS) is 10.5. The topological polar surface area (TPSA) is 62.2 Å². The Kier molecular flexibility index (Phi) is 4.01. The molecule has 4 heteroatoms.